The molecule has 3 rings (SSSR count). The molecule has 7 nitrogen and oxygen atoms in total. The molecule has 32 heavy (non-hydrogen) atoms. The van der Waals surface area contributed by atoms with Gasteiger partial charge in [-0.05, 0) is 43.5 Å². The topological polar surface area (TPSA) is 72.5 Å². The Morgan fingerprint density at radius 3 is 2.50 bits per heavy atom. The van der Waals surface area contributed by atoms with Crippen LogP contribution >= 0.6 is 7.60 Å². The third-order valence-electron chi connectivity index (χ3n) is 7.72. The molecule has 9 heteroatoms. The van der Waals surface area contributed by atoms with Crippen molar-refractivity contribution >= 4 is 15.9 Å². The van der Waals surface area contributed by atoms with Crippen molar-refractivity contribution in [3.8, 4) is 0 Å². The molecule has 0 radical (unpaired) electrons. The van der Waals surface area contributed by atoms with E-state index < -0.39 is 15.9 Å². The van der Waals surface area contributed by atoms with Gasteiger partial charge in [-0.25, -0.2) is 0 Å². The Morgan fingerprint density at radius 2 is 1.91 bits per heavy atom. The summed E-state index contributed by atoms with van der Waals surface area (Å²) in [5, 5.41) is 0.159. The average molecular weight is 491 g/mol. The van der Waals surface area contributed by atoms with Gasteiger partial charge in [-0.1, -0.05) is 20.8 Å². The number of hydrogen-bond donors (Lipinski definition) is 0. The molecule has 1 aliphatic carbocycles. The van der Waals surface area contributed by atoms with Crippen LogP contribution in [0.1, 0.15) is 52.9 Å². The van der Waals surface area contributed by atoms with Gasteiger partial charge in [-0.3, -0.25) is 4.57 Å². The summed E-state index contributed by atoms with van der Waals surface area (Å²) in [5.41, 5.74) is 0. The number of fused-ring (bicyclic) bond motifs is 1. The number of allylic oxidation sites excluding steroid dienone is 2. The van der Waals surface area contributed by atoms with Crippen LogP contribution in [0.15, 0.2) is 11.8 Å². The summed E-state index contributed by atoms with van der Waals surface area (Å²) in [5.74, 6) is 1.45. The van der Waals surface area contributed by atoms with E-state index in [1.165, 1.54) is 14.2 Å². The standard InChI is InChI=1S/C23H43O7PSi/c1-23(2,3)32(6,7)28-16-19-18-14-17(11-13-31(24,25-4)26-5)29-20(18)15-21(19)30-22-10-8-9-12-27-22/h11,18-22H,8-10,12-16H2,1-7H3/b17-11+/t18-,19-,20+,21-,22?/m1/s1. The minimum atomic E-state index is -3.09. The van der Waals surface area contributed by atoms with Crippen molar-refractivity contribution in [1.82, 2.24) is 0 Å². The monoisotopic (exact) mass is 490 g/mol. The van der Waals surface area contributed by atoms with E-state index >= 15 is 0 Å². The Kier molecular flexibility index (Phi) is 8.73. The predicted octanol–water partition coefficient (Wildman–Crippen LogP) is 5.71. The third kappa shape index (κ3) is 6.26. The van der Waals surface area contributed by atoms with Crippen LogP contribution in [0.2, 0.25) is 18.1 Å². The zero-order chi connectivity index (χ0) is 23.6. The normalized spacial score (nSPS) is 32.8. The Balaban J connectivity index is 1.69. The van der Waals surface area contributed by atoms with E-state index in [0.29, 0.717) is 12.5 Å². The number of rotatable bonds is 9. The van der Waals surface area contributed by atoms with Crippen LogP contribution in [0.25, 0.3) is 0 Å². The first-order valence-electron chi connectivity index (χ1n) is 12.0. The lowest BCUT2D eigenvalue weighted by atomic mass is 9.92. The van der Waals surface area contributed by atoms with Crippen molar-refractivity contribution in [1.29, 1.82) is 0 Å². The first kappa shape index (κ1) is 26.4. The lowest BCUT2D eigenvalue weighted by molar-refractivity contribution is -0.198. The summed E-state index contributed by atoms with van der Waals surface area (Å²) in [4.78, 5) is 0. The van der Waals surface area contributed by atoms with Gasteiger partial charge >= 0.3 is 7.60 Å². The molecule has 5 atom stereocenters. The van der Waals surface area contributed by atoms with Crippen LogP contribution < -0.4 is 0 Å². The van der Waals surface area contributed by atoms with Gasteiger partial charge in [0, 0.05) is 52.1 Å². The highest BCUT2D eigenvalue weighted by Gasteiger charge is 2.51. The number of ether oxygens (including phenoxy) is 3. The molecule has 3 aliphatic rings. The van der Waals surface area contributed by atoms with Gasteiger partial charge in [0.2, 0.25) is 0 Å². The summed E-state index contributed by atoms with van der Waals surface area (Å²) in [6.45, 7) is 12.8. The molecule has 0 spiro atoms. The second-order valence-electron chi connectivity index (χ2n) is 10.8. The molecule has 1 unspecified atom stereocenters. The van der Waals surface area contributed by atoms with Crippen LogP contribution in [-0.2, 0) is 32.2 Å². The maximum Gasteiger partial charge on any atom is 0.334 e. The molecular weight excluding hydrogens is 447 g/mol. The highest BCUT2D eigenvalue weighted by atomic mass is 31.2. The van der Waals surface area contributed by atoms with E-state index in [0.717, 1.165) is 44.5 Å². The van der Waals surface area contributed by atoms with Crippen LogP contribution in [0, 0.1) is 11.8 Å². The second-order valence-corrected chi connectivity index (χ2v) is 17.9. The average Bonchev–Trinajstić information content (AvgIpc) is 3.27. The van der Waals surface area contributed by atoms with E-state index in [-0.39, 0.29) is 35.6 Å². The van der Waals surface area contributed by atoms with Crippen LogP contribution in [0.5, 0.6) is 0 Å². The molecule has 1 saturated carbocycles. The summed E-state index contributed by atoms with van der Waals surface area (Å²) in [7, 11) is -2.14. The SMILES string of the molecule is COP(=O)(C/C=C1\C[C@@H]2[C@@H](CO[Si](C)(C)C(C)(C)C)[C@H](OC3CCCCO3)C[C@@H]2O1)OC. The maximum atomic E-state index is 12.4. The maximum absolute atomic E-state index is 12.4. The van der Waals surface area contributed by atoms with Gasteiger partial charge in [0.15, 0.2) is 14.6 Å². The van der Waals surface area contributed by atoms with Crippen molar-refractivity contribution in [3.05, 3.63) is 11.8 Å². The molecule has 2 aliphatic heterocycles. The molecule has 2 heterocycles. The van der Waals surface area contributed by atoms with Gasteiger partial charge in [0.05, 0.1) is 18.0 Å². The Morgan fingerprint density at radius 1 is 1.19 bits per heavy atom. The van der Waals surface area contributed by atoms with Gasteiger partial charge in [0.25, 0.3) is 0 Å². The van der Waals surface area contributed by atoms with Crippen LogP contribution in [-0.4, -0.2) is 60.4 Å². The van der Waals surface area contributed by atoms with Gasteiger partial charge in [-0.15, -0.1) is 0 Å². The highest BCUT2D eigenvalue weighted by molar-refractivity contribution is 7.54. The first-order chi connectivity index (χ1) is 15.0. The molecule has 3 fully saturated rings. The van der Waals surface area contributed by atoms with E-state index in [1.807, 2.05) is 6.08 Å². The first-order valence-corrected chi connectivity index (χ1v) is 16.6. The fourth-order valence-corrected chi connectivity index (χ4v) is 6.43. The van der Waals surface area contributed by atoms with E-state index in [1.54, 1.807) is 0 Å². The third-order valence-corrected chi connectivity index (χ3v) is 14.0. The molecule has 0 aromatic heterocycles. The Hall–Kier alpha value is -0.213. The van der Waals surface area contributed by atoms with Gasteiger partial charge < -0.3 is 27.7 Å². The Bertz CT molecular complexity index is 691. The quantitative estimate of drug-likeness (QED) is 0.303. The van der Waals surface area contributed by atoms with Gasteiger partial charge in [-0.2, -0.15) is 0 Å². The van der Waals surface area contributed by atoms with E-state index in [2.05, 4.69) is 33.9 Å². The molecule has 0 aromatic carbocycles. The Labute approximate surface area is 195 Å². The fourth-order valence-electron chi connectivity index (χ4n) is 4.51. The predicted molar refractivity (Wildman–Crippen MR) is 127 cm³/mol. The minimum Gasteiger partial charge on any atom is -0.495 e. The molecule has 0 amide bonds. The van der Waals surface area contributed by atoms with Crippen LogP contribution in [0.4, 0.5) is 0 Å². The second kappa shape index (κ2) is 10.6. The van der Waals surface area contributed by atoms with Crippen molar-refractivity contribution in [2.24, 2.45) is 11.8 Å². The van der Waals surface area contributed by atoms with E-state index in [4.69, 9.17) is 27.7 Å². The smallest absolute Gasteiger partial charge is 0.334 e. The molecule has 186 valence electrons. The molecular formula is C23H43O7PSi. The lowest BCUT2D eigenvalue weighted by Gasteiger charge is -2.38. The van der Waals surface area contributed by atoms with Crippen LogP contribution in [0.3, 0.4) is 0 Å². The zero-order valence-corrected chi connectivity index (χ0v) is 22.8. The van der Waals surface area contributed by atoms with E-state index in [9.17, 15) is 4.57 Å². The largest absolute Gasteiger partial charge is 0.495 e. The fraction of sp³-hybridized carbons (Fsp3) is 0.913. The van der Waals surface area contributed by atoms with Crippen molar-refractivity contribution in [3.63, 3.8) is 0 Å². The zero-order valence-electron chi connectivity index (χ0n) is 20.9. The summed E-state index contributed by atoms with van der Waals surface area (Å²) >= 11 is 0. The summed E-state index contributed by atoms with van der Waals surface area (Å²) in [6, 6.07) is 0. The highest BCUT2D eigenvalue weighted by Crippen LogP contribution is 2.50. The lowest BCUT2D eigenvalue weighted by Crippen LogP contribution is -2.44. The summed E-state index contributed by atoms with van der Waals surface area (Å²) < 4.78 is 47.8. The molecule has 0 N–H and O–H groups in total. The van der Waals surface area contributed by atoms with Crippen molar-refractivity contribution in [2.45, 2.75) is 89.5 Å². The molecule has 2 saturated heterocycles. The summed E-state index contributed by atoms with van der Waals surface area (Å²) in [6.07, 6.45) is 6.98. The van der Waals surface area contributed by atoms with Crippen molar-refractivity contribution < 1.29 is 32.2 Å². The van der Waals surface area contributed by atoms with Crippen molar-refractivity contribution in [2.75, 3.05) is 33.6 Å². The number of hydrogen-bond acceptors (Lipinski definition) is 7. The van der Waals surface area contributed by atoms with Gasteiger partial charge in [0.1, 0.15) is 6.10 Å². The minimum absolute atomic E-state index is 0.0727. The molecule has 0 bridgehead atoms. The molecule has 0 aromatic rings.